The normalized spacial score (nSPS) is 13.8. The van der Waals surface area contributed by atoms with E-state index in [1.54, 1.807) is 13.0 Å². The number of carbonyl (C=O) groups excluding carboxylic acids is 1. The molecule has 4 nitrogen and oxygen atoms in total. The first-order chi connectivity index (χ1) is 9.63. The first kappa shape index (κ1) is 14.7. The molecule has 2 rings (SSSR count). The fourth-order valence-corrected chi connectivity index (χ4v) is 2.73. The number of esters is 1. The maximum absolute atomic E-state index is 11.4. The van der Waals surface area contributed by atoms with Gasteiger partial charge in [0, 0.05) is 4.88 Å². The zero-order valence-electron chi connectivity index (χ0n) is 11.0. The number of rotatable bonds is 5. The van der Waals surface area contributed by atoms with Crippen molar-refractivity contribution in [2.24, 2.45) is 0 Å². The molecule has 0 aliphatic rings. The van der Waals surface area contributed by atoms with Gasteiger partial charge in [0.25, 0.3) is 0 Å². The second-order valence-electron chi connectivity index (χ2n) is 4.25. The fraction of sp³-hybridized carbons (Fsp3) is 0.267. The highest BCUT2D eigenvalue weighted by Gasteiger charge is 2.28. The first-order valence-electron chi connectivity index (χ1n) is 6.30. The number of thiophene rings is 1. The zero-order chi connectivity index (χ0) is 14.5. The van der Waals surface area contributed by atoms with Crippen LogP contribution in [0.2, 0.25) is 0 Å². The number of hydrogen-bond acceptors (Lipinski definition) is 5. The number of aliphatic hydroxyl groups excluding tert-OH is 2. The van der Waals surface area contributed by atoms with E-state index in [4.69, 9.17) is 4.74 Å². The Morgan fingerprint density at radius 2 is 1.95 bits per heavy atom. The molecule has 5 heteroatoms. The Hall–Kier alpha value is -1.69. The van der Waals surface area contributed by atoms with Crippen LogP contribution in [0.25, 0.3) is 11.1 Å². The molecule has 0 radical (unpaired) electrons. The Morgan fingerprint density at radius 1 is 1.25 bits per heavy atom. The minimum atomic E-state index is -1.56. The second-order valence-corrected chi connectivity index (χ2v) is 5.19. The van der Waals surface area contributed by atoms with Crippen molar-refractivity contribution >= 4 is 17.3 Å². The molecule has 2 atom stereocenters. The molecule has 1 heterocycles. The highest BCUT2D eigenvalue weighted by Crippen LogP contribution is 2.30. The van der Waals surface area contributed by atoms with Crippen molar-refractivity contribution in [3.05, 3.63) is 46.7 Å². The van der Waals surface area contributed by atoms with Crippen molar-refractivity contribution in [2.45, 2.75) is 19.1 Å². The molecular weight excluding hydrogens is 276 g/mol. The maximum Gasteiger partial charge on any atom is 0.338 e. The summed E-state index contributed by atoms with van der Waals surface area (Å²) in [7, 11) is 0. The van der Waals surface area contributed by atoms with E-state index in [9.17, 15) is 15.0 Å². The Balaban J connectivity index is 2.14. The van der Waals surface area contributed by atoms with E-state index < -0.39 is 18.2 Å². The van der Waals surface area contributed by atoms with Crippen molar-refractivity contribution in [1.29, 1.82) is 0 Å². The maximum atomic E-state index is 11.4. The zero-order valence-corrected chi connectivity index (χ0v) is 11.8. The van der Waals surface area contributed by atoms with Crippen LogP contribution in [0.15, 0.2) is 41.8 Å². The van der Waals surface area contributed by atoms with E-state index in [1.165, 1.54) is 11.3 Å². The molecule has 0 fully saturated rings. The largest absolute Gasteiger partial charge is 0.464 e. The van der Waals surface area contributed by atoms with E-state index in [0.717, 1.165) is 11.1 Å². The standard InChI is InChI=1S/C15H16O4S/c1-2-19-15(18)14(17)13(16)12-8-11(9-20-12)10-6-4-3-5-7-10/h3-9,13-14,16-17H,2H2,1H3/t13-,14+/m1/s1. The average Bonchev–Trinajstić information content (AvgIpc) is 2.96. The van der Waals surface area contributed by atoms with Crippen molar-refractivity contribution < 1.29 is 19.7 Å². The van der Waals surface area contributed by atoms with Gasteiger partial charge in [0.05, 0.1) is 6.61 Å². The summed E-state index contributed by atoms with van der Waals surface area (Å²) in [6.45, 7) is 1.82. The van der Waals surface area contributed by atoms with Crippen molar-refractivity contribution in [2.75, 3.05) is 6.61 Å². The van der Waals surface area contributed by atoms with E-state index in [0.29, 0.717) is 4.88 Å². The highest BCUT2D eigenvalue weighted by molar-refractivity contribution is 7.10. The Morgan fingerprint density at radius 3 is 2.60 bits per heavy atom. The molecule has 0 saturated heterocycles. The number of ether oxygens (including phenoxy) is 1. The lowest BCUT2D eigenvalue weighted by Gasteiger charge is -2.14. The molecule has 0 aliphatic carbocycles. The lowest BCUT2D eigenvalue weighted by atomic mass is 10.1. The predicted molar refractivity (Wildman–Crippen MR) is 77.4 cm³/mol. The van der Waals surface area contributed by atoms with Gasteiger partial charge in [-0.25, -0.2) is 4.79 Å². The SMILES string of the molecule is CCOC(=O)[C@@H](O)[C@H](O)c1cc(-c2ccccc2)cs1. The fourth-order valence-electron chi connectivity index (χ4n) is 1.80. The first-order valence-corrected chi connectivity index (χ1v) is 7.18. The van der Waals surface area contributed by atoms with Gasteiger partial charge in [-0.05, 0) is 29.5 Å². The molecule has 0 unspecified atom stereocenters. The molecule has 2 N–H and O–H groups in total. The molecule has 1 aromatic carbocycles. The molecule has 106 valence electrons. The van der Waals surface area contributed by atoms with Gasteiger partial charge in [-0.15, -0.1) is 11.3 Å². The third-order valence-corrected chi connectivity index (χ3v) is 3.85. The van der Waals surface area contributed by atoms with Crippen LogP contribution in [0.3, 0.4) is 0 Å². The summed E-state index contributed by atoms with van der Waals surface area (Å²) in [6, 6.07) is 11.5. The van der Waals surface area contributed by atoms with Crippen LogP contribution in [0.5, 0.6) is 0 Å². The predicted octanol–water partition coefficient (Wildman–Crippen LogP) is 2.37. The van der Waals surface area contributed by atoms with Gasteiger partial charge in [-0.3, -0.25) is 0 Å². The summed E-state index contributed by atoms with van der Waals surface area (Å²) in [5, 5.41) is 21.6. The monoisotopic (exact) mass is 292 g/mol. The van der Waals surface area contributed by atoms with Gasteiger partial charge >= 0.3 is 5.97 Å². The van der Waals surface area contributed by atoms with Gasteiger partial charge in [-0.1, -0.05) is 30.3 Å². The number of benzene rings is 1. The number of carbonyl (C=O) groups is 1. The summed E-state index contributed by atoms with van der Waals surface area (Å²) >= 11 is 1.30. The molecule has 20 heavy (non-hydrogen) atoms. The molecular formula is C15H16O4S. The molecule has 0 bridgehead atoms. The minimum absolute atomic E-state index is 0.169. The van der Waals surface area contributed by atoms with Gasteiger partial charge in [-0.2, -0.15) is 0 Å². The molecule has 0 saturated carbocycles. The second kappa shape index (κ2) is 6.65. The average molecular weight is 292 g/mol. The third-order valence-electron chi connectivity index (χ3n) is 2.85. The van der Waals surface area contributed by atoms with E-state index in [2.05, 4.69) is 0 Å². The van der Waals surface area contributed by atoms with E-state index in [-0.39, 0.29) is 6.61 Å². The Bertz CT molecular complexity index is 564. The van der Waals surface area contributed by atoms with Crippen LogP contribution >= 0.6 is 11.3 Å². The smallest absolute Gasteiger partial charge is 0.338 e. The van der Waals surface area contributed by atoms with Crippen LogP contribution in [-0.4, -0.2) is 28.9 Å². The molecule has 0 amide bonds. The van der Waals surface area contributed by atoms with E-state index >= 15 is 0 Å². The molecule has 0 spiro atoms. The van der Waals surface area contributed by atoms with Crippen molar-refractivity contribution in [3.63, 3.8) is 0 Å². The van der Waals surface area contributed by atoms with Crippen molar-refractivity contribution in [1.82, 2.24) is 0 Å². The van der Waals surface area contributed by atoms with Crippen LogP contribution in [-0.2, 0) is 9.53 Å². The molecule has 2 aromatic rings. The number of aliphatic hydroxyl groups is 2. The Labute approximate surface area is 121 Å². The summed E-state index contributed by atoms with van der Waals surface area (Å²) < 4.78 is 4.69. The van der Waals surface area contributed by atoms with E-state index in [1.807, 2.05) is 35.7 Å². The summed E-state index contributed by atoms with van der Waals surface area (Å²) in [4.78, 5) is 11.9. The summed E-state index contributed by atoms with van der Waals surface area (Å²) in [6.07, 6.45) is -2.83. The molecule has 0 aliphatic heterocycles. The van der Waals surface area contributed by atoms with Gasteiger partial charge < -0.3 is 14.9 Å². The minimum Gasteiger partial charge on any atom is -0.464 e. The van der Waals surface area contributed by atoms with Crippen molar-refractivity contribution in [3.8, 4) is 11.1 Å². The summed E-state index contributed by atoms with van der Waals surface area (Å²) in [5.41, 5.74) is 1.97. The topological polar surface area (TPSA) is 66.8 Å². The van der Waals surface area contributed by atoms with Gasteiger partial charge in [0.1, 0.15) is 6.10 Å². The Kier molecular flexibility index (Phi) is 4.89. The lowest BCUT2D eigenvalue weighted by Crippen LogP contribution is -2.29. The summed E-state index contributed by atoms with van der Waals surface area (Å²) in [5.74, 6) is -0.810. The van der Waals surface area contributed by atoms with Gasteiger partial charge in [0.15, 0.2) is 6.10 Å². The van der Waals surface area contributed by atoms with Crippen LogP contribution in [0.1, 0.15) is 17.9 Å². The van der Waals surface area contributed by atoms with Crippen LogP contribution in [0, 0.1) is 0 Å². The quantitative estimate of drug-likeness (QED) is 0.830. The van der Waals surface area contributed by atoms with Gasteiger partial charge in [0.2, 0.25) is 0 Å². The third kappa shape index (κ3) is 3.25. The molecule has 1 aromatic heterocycles. The lowest BCUT2D eigenvalue weighted by molar-refractivity contribution is -0.159. The number of hydrogen-bond donors (Lipinski definition) is 2. The van der Waals surface area contributed by atoms with Crippen LogP contribution in [0.4, 0.5) is 0 Å². The highest BCUT2D eigenvalue weighted by atomic mass is 32.1. The van der Waals surface area contributed by atoms with Crippen LogP contribution < -0.4 is 0 Å².